The number of ether oxygens (including phenoxy) is 1. The van der Waals surface area contributed by atoms with Crippen molar-refractivity contribution in [2.75, 3.05) is 20.2 Å². The molecule has 5 heteroatoms. The van der Waals surface area contributed by atoms with Gasteiger partial charge in [0, 0.05) is 32.7 Å². The highest BCUT2D eigenvalue weighted by atomic mass is 16.5. The Kier molecular flexibility index (Phi) is 4.57. The summed E-state index contributed by atoms with van der Waals surface area (Å²) in [5, 5.41) is 4.51. The van der Waals surface area contributed by atoms with Crippen molar-refractivity contribution in [2.24, 2.45) is 12.5 Å². The maximum Gasteiger partial charge on any atom is 0.274 e. The molecule has 1 aromatic heterocycles. The topological polar surface area (TPSA) is 47.4 Å². The quantitative estimate of drug-likeness (QED) is 0.848. The van der Waals surface area contributed by atoms with Crippen molar-refractivity contribution >= 4 is 5.91 Å². The van der Waals surface area contributed by atoms with Crippen LogP contribution in [0.5, 0.6) is 0 Å². The van der Waals surface area contributed by atoms with Gasteiger partial charge in [-0.25, -0.2) is 0 Å². The zero-order valence-corrected chi connectivity index (χ0v) is 15.6. The second-order valence-corrected chi connectivity index (χ2v) is 7.71. The predicted octanol–water partition coefficient (Wildman–Crippen LogP) is 3.51. The first-order chi connectivity index (χ1) is 12.6. The Morgan fingerprint density at radius 3 is 2.77 bits per heavy atom. The van der Waals surface area contributed by atoms with E-state index in [0.717, 1.165) is 50.0 Å². The van der Waals surface area contributed by atoms with Gasteiger partial charge in [-0.3, -0.25) is 9.48 Å². The molecule has 2 aromatic rings. The smallest absolute Gasteiger partial charge is 0.274 e. The molecule has 2 aliphatic rings. The number of likely N-dealkylation sites (tertiary alicyclic amines) is 1. The van der Waals surface area contributed by atoms with Gasteiger partial charge in [0.2, 0.25) is 0 Å². The van der Waals surface area contributed by atoms with Crippen molar-refractivity contribution in [3.05, 3.63) is 42.1 Å². The van der Waals surface area contributed by atoms with Crippen molar-refractivity contribution in [3.8, 4) is 11.3 Å². The minimum absolute atomic E-state index is 0.0450. The first-order valence-corrected chi connectivity index (χ1v) is 9.54. The molecule has 5 nitrogen and oxygen atoms in total. The molecule has 1 saturated carbocycles. The van der Waals surface area contributed by atoms with E-state index < -0.39 is 0 Å². The summed E-state index contributed by atoms with van der Waals surface area (Å²) >= 11 is 0. The van der Waals surface area contributed by atoms with Crippen LogP contribution in [0.1, 0.15) is 42.6 Å². The van der Waals surface area contributed by atoms with E-state index in [4.69, 9.17) is 4.74 Å². The molecule has 1 spiro atoms. The molecule has 0 N–H and O–H groups in total. The van der Waals surface area contributed by atoms with E-state index in [1.165, 1.54) is 6.42 Å². The van der Waals surface area contributed by atoms with Gasteiger partial charge in [0.25, 0.3) is 5.91 Å². The fraction of sp³-hybridized carbons (Fsp3) is 0.524. The number of rotatable bonds is 3. The molecule has 0 unspecified atom stereocenters. The summed E-state index contributed by atoms with van der Waals surface area (Å²) in [5.74, 6) is 0.0450. The van der Waals surface area contributed by atoms with Gasteiger partial charge in [-0.15, -0.1) is 0 Å². The average Bonchev–Trinajstić information content (AvgIpc) is 3.25. The average molecular weight is 353 g/mol. The number of aromatic nitrogens is 2. The number of methoxy groups -OCH3 is 1. The molecule has 1 saturated heterocycles. The number of hydrogen-bond donors (Lipinski definition) is 0. The summed E-state index contributed by atoms with van der Waals surface area (Å²) in [6.07, 6.45) is 5.95. The Morgan fingerprint density at radius 2 is 2.00 bits per heavy atom. The number of amides is 1. The third-order valence-electron chi connectivity index (χ3n) is 6.17. The molecule has 1 aliphatic carbocycles. The maximum absolute atomic E-state index is 13.1. The number of carbonyl (C=O) groups excluding carboxylic acids is 1. The first kappa shape index (κ1) is 17.3. The third-order valence-corrected chi connectivity index (χ3v) is 6.17. The molecular weight excluding hydrogens is 326 g/mol. The van der Waals surface area contributed by atoms with Gasteiger partial charge in [-0.05, 0) is 37.3 Å². The van der Waals surface area contributed by atoms with Crippen molar-refractivity contribution in [3.63, 3.8) is 0 Å². The normalized spacial score (nSPS) is 25.8. The highest BCUT2D eigenvalue weighted by Gasteiger charge is 2.46. The van der Waals surface area contributed by atoms with E-state index in [0.29, 0.717) is 5.69 Å². The second-order valence-electron chi connectivity index (χ2n) is 7.71. The fourth-order valence-corrected chi connectivity index (χ4v) is 4.89. The molecule has 1 aromatic carbocycles. The highest BCUT2D eigenvalue weighted by molar-refractivity contribution is 5.93. The van der Waals surface area contributed by atoms with Crippen LogP contribution in [-0.2, 0) is 11.8 Å². The molecule has 2 heterocycles. The SMILES string of the molecule is CO[C@@H]1CCC[C@]12CCCN(C(=O)c1cc(-c3ccccc3)n(C)n1)C2. The van der Waals surface area contributed by atoms with Gasteiger partial charge in [0.15, 0.2) is 5.69 Å². The van der Waals surface area contributed by atoms with E-state index in [1.54, 1.807) is 4.68 Å². The van der Waals surface area contributed by atoms with Crippen molar-refractivity contribution < 1.29 is 9.53 Å². The van der Waals surface area contributed by atoms with Gasteiger partial charge in [-0.2, -0.15) is 5.10 Å². The van der Waals surface area contributed by atoms with Crippen LogP contribution in [0.2, 0.25) is 0 Å². The van der Waals surface area contributed by atoms with Crippen molar-refractivity contribution in [2.45, 2.75) is 38.2 Å². The standard InChI is InChI=1S/C21H27N3O2/c1-23-18(16-8-4-3-5-9-16)14-17(22-23)20(25)24-13-7-12-21(15-24)11-6-10-19(21)26-2/h3-5,8-9,14,19H,6-7,10-13,15H2,1-2H3/t19-,21-/m1/s1. The van der Waals surface area contributed by atoms with Crippen LogP contribution in [0.3, 0.4) is 0 Å². The number of piperidine rings is 1. The summed E-state index contributed by atoms with van der Waals surface area (Å²) < 4.78 is 7.56. The third kappa shape index (κ3) is 2.94. The summed E-state index contributed by atoms with van der Waals surface area (Å²) in [6.45, 7) is 1.61. The largest absolute Gasteiger partial charge is 0.381 e. The Hall–Kier alpha value is -2.14. The molecule has 1 amide bonds. The fourth-order valence-electron chi connectivity index (χ4n) is 4.89. The van der Waals surface area contributed by atoms with E-state index in [2.05, 4.69) is 5.10 Å². The van der Waals surface area contributed by atoms with Crippen LogP contribution in [0, 0.1) is 5.41 Å². The van der Waals surface area contributed by atoms with E-state index in [1.807, 2.05) is 55.5 Å². The monoisotopic (exact) mass is 353 g/mol. The molecular formula is C21H27N3O2. The number of carbonyl (C=O) groups is 1. The summed E-state index contributed by atoms with van der Waals surface area (Å²) in [4.78, 5) is 15.1. The van der Waals surface area contributed by atoms with E-state index in [-0.39, 0.29) is 17.4 Å². The number of hydrogen-bond acceptors (Lipinski definition) is 3. The van der Waals surface area contributed by atoms with Gasteiger partial charge in [-0.1, -0.05) is 36.8 Å². The van der Waals surface area contributed by atoms with Crippen LogP contribution < -0.4 is 0 Å². The highest BCUT2D eigenvalue weighted by Crippen LogP contribution is 2.46. The Bertz CT molecular complexity index is 786. The lowest BCUT2D eigenvalue weighted by Crippen LogP contribution is -2.49. The summed E-state index contributed by atoms with van der Waals surface area (Å²) in [7, 11) is 3.71. The van der Waals surface area contributed by atoms with Crippen molar-refractivity contribution in [1.29, 1.82) is 0 Å². The summed E-state index contributed by atoms with van der Waals surface area (Å²) in [6, 6.07) is 12.0. The minimum atomic E-state index is 0.0450. The maximum atomic E-state index is 13.1. The molecule has 26 heavy (non-hydrogen) atoms. The van der Waals surface area contributed by atoms with E-state index in [9.17, 15) is 4.79 Å². The zero-order chi connectivity index (χ0) is 18.1. The lowest BCUT2D eigenvalue weighted by molar-refractivity contribution is -0.0296. The van der Waals surface area contributed by atoms with Crippen molar-refractivity contribution in [1.82, 2.24) is 14.7 Å². The molecule has 2 fully saturated rings. The van der Waals surface area contributed by atoms with Crippen LogP contribution in [0.4, 0.5) is 0 Å². The molecule has 1 aliphatic heterocycles. The van der Waals surface area contributed by atoms with Gasteiger partial charge >= 0.3 is 0 Å². The van der Waals surface area contributed by atoms with Gasteiger partial charge in [0.1, 0.15) is 0 Å². The Balaban J connectivity index is 1.56. The number of nitrogens with zero attached hydrogens (tertiary/aromatic N) is 3. The molecule has 0 radical (unpaired) electrons. The van der Waals surface area contributed by atoms with E-state index >= 15 is 0 Å². The lowest BCUT2D eigenvalue weighted by Gasteiger charge is -2.43. The molecule has 0 bridgehead atoms. The lowest BCUT2D eigenvalue weighted by atomic mass is 9.76. The van der Waals surface area contributed by atoms with Crippen LogP contribution in [-0.4, -0.2) is 46.9 Å². The minimum Gasteiger partial charge on any atom is -0.381 e. The molecule has 2 atom stereocenters. The summed E-state index contributed by atoms with van der Waals surface area (Å²) in [5.41, 5.74) is 2.72. The molecule has 4 rings (SSSR count). The zero-order valence-electron chi connectivity index (χ0n) is 15.6. The van der Waals surface area contributed by atoms with Gasteiger partial charge < -0.3 is 9.64 Å². The number of benzene rings is 1. The van der Waals surface area contributed by atoms with Crippen LogP contribution in [0.15, 0.2) is 36.4 Å². The first-order valence-electron chi connectivity index (χ1n) is 9.54. The van der Waals surface area contributed by atoms with Crippen LogP contribution >= 0.6 is 0 Å². The predicted molar refractivity (Wildman–Crippen MR) is 101 cm³/mol. The Morgan fingerprint density at radius 1 is 1.23 bits per heavy atom. The number of aryl methyl sites for hydroxylation is 1. The molecule has 138 valence electrons. The van der Waals surface area contributed by atoms with Crippen LogP contribution in [0.25, 0.3) is 11.3 Å². The second kappa shape index (κ2) is 6.88. The van der Waals surface area contributed by atoms with Gasteiger partial charge in [0.05, 0.1) is 11.8 Å². The Labute approximate surface area is 154 Å².